The fourth-order valence-corrected chi connectivity index (χ4v) is 3.47. The summed E-state index contributed by atoms with van der Waals surface area (Å²) in [6, 6.07) is 23.4. The lowest BCUT2D eigenvalue weighted by Gasteiger charge is -2.30. The van der Waals surface area contributed by atoms with Crippen molar-refractivity contribution in [2.45, 2.75) is 45.8 Å². The molecule has 5 nitrogen and oxygen atoms in total. The Kier molecular flexibility index (Phi) is 8.05. The van der Waals surface area contributed by atoms with Crippen LogP contribution in [-0.4, -0.2) is 34.2 Å². The molecule has 5 heteroatoms. The summed E-state index contributed by atoms with van der Waals surface area (Å²) in [6.45, 7) is 4.78. The van der Waals surface area contributed by atoms with E-state index in [9.17, 15) is 9.59 Å². The SMILES string of the molecule is CC(C)N(CC(=O)N(Cc1ccccc1)Cc1ccco1)C(=O)CCc1ccccc1. The molecule has 0 spiro atoms. The van der Waals surface area contributed by atoms with E-state index in [1.807, 2.05) is 86.6 Å². The second-order valence-electron chi connectivity index (χ2n) is 7.92. The molecule has 0 saturated carbocycles. The third-order valence-electron chi connectivity index (χ3n) is 5.22. The first kappa shape index (κ1) is 22.3. The number of hydrogen-bond donors (Lipinski definition) is 0. The third kappa shape index (κ3) is 6.85. The van der Waals surface area contributed by atoms with E-state index in [-0.39, 0.29) is 24.4 Å². The molecule has 3 aromatic rings. The molecule has 0 unspecified atom stereocenters. The highest BCUT2D eigenvalue weighted by Gasteiger charge is 2.24. The molecule has 31 heavy (non-hydrogen) atoms. The van der Waals surface area contributed by atoms with Crippen molar-refractivity contribution in [2.24, 2.45) is 0 Å². The van der Waals surface area contributed by atoms with Crippen LogP contribution in [0.1, 0.15) is 37.2 Å². The zero-order chi connectivity index (χ0) is 22.1. The maximum absolute atomic E-state index is 13.3. The van der Waals surface area contributed by atoms with Crippen molar-refractivity contribution < 1.29 is 14.0 Å². The van der Waals surface area contributed by atoms with E-state index in [1.165, 1.54) is 0 Å². The lowest BCUT2D eigenvalue weighted by Crippen LogP contribution is -2.45. The molecule has 2 amide bonds. The molecule has 0 bridgehead atoms. The topological polar surface area (TPSA) is 53.8 Å². The van der Waals surface area contributed by atoms with Gasteiger partial charge in [0.2, 0.25) is 11.8 Å². The van der Waals surface area contributed by atoms with Crippen LogP contribution in [-0.2, 0) is 29.1 Å². The van der Waals surface area contributed by atoms with Gasteiger partial charge in [0.1, 0.15) is 5.76 Å². The first-order chi connectivity index (χ1) is 15.0. The minimum atomic E-state index is -0.0954. The summed E-state index contributed by atoms with van der Waals surface area (Å²) in [5, 5.41) is 0. The number of rotatable bonds is 10. The van der Waals surface area contributed by atoms with Crippen molar-refractivity contribution in [3.05, 3.63) is 95.9 Å². The quantitative estimate of drug-likeness (QED) is 0.480. The van der Waals surface area contributed by atoms with Crippen LogP contribution >= 0.6 is 0 Å². The van der Waals surface area contributed by atoms with Gasteiger partial charge in [-0.15, -0.1) is 0 Å². The molecule has 0 atom stereocenters. The third-order valence-corrected chi connectivity index (χ3v) is 5.22. The molecule has 2 aromatic carbocycles. The van der Waals surface area contributed by atoms with Gasteiger partial charge >= 0.3 is 0 Å². The number of furan rings is 1. The van der Waals surface area contributed by atoms with Crippen molar-refractivity contribution in [1.82, 2.24) is 9.80 Å². The second kappa shape index (κ2) is 11.2. The van der Waals surface area contributed by atoms with Gasteiger partial charge in [-0.2, -0.15) is 0 Å². The van der Waals surface area contributed by atoms with Crippen molar-refractivity contribution >= 4 is 11.8 Å². The number of benzene rings is 2. The number of carbonyl (C=O) groups excluding carboxylic acids is 2. The molecule has 1 heterocycles. The standard InChI is InChI=1S/C26H30N2O3/c1-21(2)28(25(29)16-15-22-10-5-3-6-11-22)20-26(30)27(19-24-14-9-17-31-24)18-23-12-7-4-8-13-23/h3-14,17,21H,15-16,18-20H2,1-2H3. The average Bonchev–Trinajstić information content (AvgIpc) is 3.29. The predicted octanol–water partition coefficient (Wildman–Crippen LogP) is 4.68. The molecule has 0 aliphatic carbocycles. The lowest BCUT2D eigenvalue weighted by molar-refractivity contribution is -0.142. The Labute approximate surface area is 184 Å². The first-order valence-electron chi connectivity index (χ1n) is 10.7. The molecule has 0 radical (unpaired) electrons. The Hall–Kier alpha value is -3.34. The maximum Gasteiger partial charge on any atom is 0.242 e. The molecule has 0 fully saturated rings. The van der Waals surface area contributed by atoms with Gasteiger partial charge in [-0.05, 0) is 43.5 Å². The number of aryl methyl sites for hydroxylation is 1. The van der Waals surface area contributed by atoms with E-state index in [0.717, 1.165) is 16.9 Å². The van der Waals surface area contributed by atoms with E-state index in [4.69, 9.17) is 4.42 Å². The Bertz CT molecular complexity index is 937. The Morgan fingerprint density at radius 2 is 1.45 bits per heavy atom. The molecule has 0 N–H and O–H groups in total. The van der Waals surface area contributed by atoms with Crippen molar-refractivity contribution in [3.8, 4) is 0 Å². The van der Waals surface area contributed by atoms with Crippen LogP contribution in [0.15, 0.2) is 83.5 Å². The van der Waals surface area contributed by atoms with E-state index in [0.29, 0.717) is 25.9 Å². The highest BCUT2D eigenvalue weighted by atomic mass is 16.3. The Morgan fingerprint density at radius 1 is 0.806 bits per heavy atom. The van der Waals surface area contributed by atoms with Crippen LogP contribution in [0.4, 0.5) is 0 Å². The van der Waals surface area contributed by atoms with Gasteiger partial charge in [0, 0.05) is 19.0 Å². The van der Waals surface area contributed by atoms with Crippen LogP contribution < -0.4 is 0 Å². The minimum absolute atomic E-state index is 0.00939. The predicted molar refractivity (Wildman–Crippen MR) is 121 cm³/mol. The molecular formula is C26H30N2O3. The molecular weight excluding hydrogens is 388 g/mol. The summed E-state index contributed by atoms with van der Waals surface area (Å²) in [7, 11) is 0. The van der Waals surface area contributed by atoms with E-state index in [2.05, 4.69) is 0 Å². The second-order valence-corrected chi connectivity index (χ2v) is 7.92. The fraction of sp³-hybridized carbons (Fsp3) is 0.308. The molecule has 3 rings (SSSR count). The van der Waals surface area contributed by atoms with Crippen molar-refractivity contribution in [1.29, 1.82) is 0 Å². The molecule has 0 aliphatic rings. The van der Waals surface area contributed by atoms with E-state index >= 15 is 0 Å². The highest BCUT2D eigenvalue weighted by molar-refractivity contribution is 5.85. The summed E-state index contributed by atoms with van der Waals surface area (Å²) in [5.74, 6) is 0.614. The van der Waals surface area contributed by atoms with Crippen LogP contribution in [0.2, 0.25) is 0 Å². The Balaban J connectivity index is 1.68. The first-order valence-corrected chi connectivity index (χ1v) is 10.7. The average molecular weight is 419 g/mol. The molecule has 162 valence electrons. The summed E-state index contributed by atoms with van der Waals surface area (Å²) in [4.78, 5) is 29.6. The van der Waals surface area contributed by atoms with Gasteiger partial charge in [-0.3, -0.25) is 9.59 Å². The van der Waals surface area contributed by atoms with Gasteiger partial charge in [-0.1, -0.05) is 60.7 Å². The molecule has 1 aromatic heterocycles. The van der Waals surface area contributed by atoms with E-state index < -0.39 is 0 Å². The highest BCUT2D eigenvalue weighted by Crippen LogP contribution is 2.13. The number of nitrogens with zero attached hydrogens (tertiary/aromatic N) is 2. The Morgan fingerprint density at radius 3 is 2.03 bits per heavy atom. The summed E-state index contributed by atoms with van der Waals surface area (Å²) in [6.07, 6.45) is 2.65. The van der Waals surface area contributed by atoms with Crippen LogP contribution in [0.5, 0.6) is 0 Å². The van der Waals surface area contributed by atoms with Crippen LogP contribution in [0, 0.1) is 0 Å². The summed E-state index contributed by atoms with van der Waals surface area (Å²) < 4.78 is 5.46. The zero-order valence-corrected chi connectivity index (χ0v) is 18.2. The van der Waals surface area contributed by atoms with Crippen molar-refractivity contribution in [2.75, 3.05) is 6.54 Å². The van der Waals surface area contributed by atoms with Crippen LogP contribution in [0.25, 0.3) is 0 Å². The number of hydrogen-bond acceptors (Lipinski definition) is 3. The van der Waals surface area contributed by atoms with Gasteiger partial charge in [-0.25, -0.2) is 0 Å². The summed E-state index contributed by atoms with van der Waals surface area (Å²) >= 11 is 0. The monoisotopic (exact) mass is 418 g/mol. The fourth-order valence-electron chi connectivity index (χ4n) is 3.47. The largest absolute Gasteiger partial charge is 0.467 e. The van der Waals surface area contributed by atoms with Gasteiger partial charge in [0.25, 0.3) is 0 Å². The molecule has 0 aliphatic heterocycles. The number of amides is 2. The van der Waals surface area contributed by atoms with Gasteiger partial charge < -0.3 is 14.2 Å². The summed E-state index contributed by atoms with van der Waals surface area (Å²) in [5.41, 5.74) is 2.16. The van der Waals surface area contributed by atoms with Gasteiger partial charge in [0.05, 0.1) is 19.4 Å². The minimum Gasteiger partial charge on any atom is -0.467 e. The van der Waals surface area contributed by atoms with E-state index in [1.54, 1.807) is 16.1 Å². The normalized spacial score (nSPS) is 10.8. The number of carbonyl (C=O) groups is 2. The van der Waals surface area contributed by atoms with Crippen LogP contribution in [0.3, 0.4) is 0 Å². The maximum atomic E-state index is 13.3. The van der Waals surface area contributed by atoms with Gasteiger partial charge in [0.15, 0.2) is 0 Å². The smallest absolute Gasteiger partial charge is 0.242 e. The zero-order valence-electron chi connectivity index (χ0n) is 18.2. The molecule has 0 saturated heterocycles. The lowest BCUT2D eigenvalue weighted by atomic mass is 10.1. The van der Waals surface area contributed by atoms with Crippen molar-refractivity contribution in [3.63, 3.8) is 0 Å².